The zero-order valence-electron chi connectivity index (χ0n) is 55.3. The minimum absolute atomic E-state index is 0.184. The molecular formula is C94H60BN7. The predicted molar refractivity (Wildman–Crippen MR) is 422 cm³/mol. The highest BCUT2D eigenvalue weighted by Gasteiger charge is 2.44. The smallest absolute Gasteiger partial charge is 0.252 e. The SMILES string of the molecule is N#Cc1ccc(-n2c3ccc(-c4ccccc4)cc3c3cc(-c4cc5c6c(c4)N(c4ccc(-c7ccccc7)cc4)c4ccc(-c7ccccc7)cc4B6c4cc(-c6ccccc6)ccc4N5c4ccc(-c5ccccc5)cc4)ccc32)c(-c2nc(-c3ccccc3)nc(-c3ccccc3)n2)c1. The molecule has 0 saturated carbocycles. The molecule has 2 aliphatic rings. The van der Waals surface area contributed by atoms with Crippen LogP contribution >= 0.6 is 0 Å². The van der Waals surface area contributed by atoms with Crippen LogP contribution in [0.2, 0.25) is 0 Å². The number of nitriles is 1. The van der Waals surface area contributed by atoms with Gasteiger partial charge in [0.1, 0.15) is 0 Å². The Bertz CT molecular complexity index is 5850. The molecule has 0 N–H and O–H groups in total. The molecular weight excluding hydrogens is 1240 g/mol. The van der Waals surface area contributed by atoms with E-state index in [1.807, 2.05) is 78.9 Å². The first-order chi connectivity index (χ1) is 50.5. The standard InChI is InChI=1S/C94H60BN7/c96-61-62-36-49-86(81(54-62)94-98-92(70-32-18-6-19-33-70)97-93(99-94)71-34-20-7-21-35-71)102-84-50-41-72(65-26-12-3-13-27-65)55-79(84)80-56-73(42-51-85(80)102)76-59-89-91-90(60-76)101(78-47-39-69(40-48-78)64-24-10-2-11-25-64)88-53-44-75(67-30-16-5-17-31-67)58-83(88)95(91)82-57-74(66-28-14-4-15-29-66)43-52-87(82)100(89)77-45-37-68(38-46-77)63-22-8-1-9-23-63/h1-60H. The maximum atomic E-state index is 10.7. The molecule has 4 heterocycles. The fraction of sp³-hybridized carbons (Fsp3) is 0. The number of anilines is 6. The molecule has 0 unspecified atom stereocenters. The van der Waals surface area contributed by atoms with Crippen LogP contribution in [0.25, 0.3) is 128 Å². The van der Waals surface area contributed by atoms with Gasteiger partial charge in [-0.1, -0.05) is 273 Å². The van der Waals surface area contributed by atoms with Gasteiger partial charge >= 0.3 is 0 Å². The van der Waals surface area contributed by atoms with Gasteiger partial charge in [-0.3, -0.25) is 0 Å². The fourth-order valence-electron chi connectivity index (χ4n) is 15.4. The van der Waals surface area contributed by atoms with Gasteiger partial charge in [-0.15, -0.1) is 0 Å². The van der Waals surface area contributed by atoms with Gasteiger partial charge in [0.05, 0.1) is 28.4 Å². The van der Waals surface area contributed by atoms with E-state index in [-0.39, 0.29) is 6.71 Å². The minimum Gasteiger partial charge on any atom is -0.311 e. The third-order valence-electron chi connectivity index (χ3n) is 20.3. The van der Waals surface area contributed by atoms with Crippen molar-refractivity contribution in [3.63, 3.8) is 0 Å². The molecule has 0 aliphatic carbocycles. The highest BCUT2D eigenvalue weighted by molar-refractivity contribution is 7.00. The van der Waals surface area contributed by atoms with Crippen molar-refractivity contribution in [2.24, 2.45) is 0 Å². The molecule has 0 saturated heterocycles. The van der Waals surface area contributed by atoms with Crippen LogP contribution in [-0.2, 0) is 0 Å². The number of hydrogen-bond acceptors (Lipinski definition) is 6. The van der Waals surface area contributed by atoms with Crippen molar-refractivity contribution in [1.29, 1.82) is 5.26 Å². The first-order valence-electron chi connectivity index (χ1n) is 34.6. The van der Waals surface area contributed by atoms with E-state index in [1.165, 1.54) is 16.4 Å². The summed E-state index contributed by atoms with van der Waals surface area (Å²) in [5.41, 5.74) is 29.5. The molecule has 0 atom stereocenters. The normalized spacial score (nSPS) is 12.0. The lowest BCUT2D eigenvalue weighted by molar-refractivity contribution is 1.06. The average molecular weight is 1300 g/mol. The van der Waals surface area contributed by atoms with Crippen molar-refractivity contribution in [1.82, 2.24) is 19.5 Å². The number of benzene rings is 15. The first-order valence-corrected chi connectivity index (χ1v) is 34.6. The maximum absolute atomic E-state index is 10.7. The van der Waals surface area contributed by atoms with Crippen molar-refractivity contribution in [2.45, 2.75) is 0 Å². The van der Waals surface area contributed by atoms with Crippen molar-refractivity contribution in [3.8, 4) is 113 Å². The van der Waals surface area contributed by atoms with E-state index >= 15 is 0 Å². The summed E-state index contributed by atoms with van der Waals surface area (Å²) in [6.07, 6.45) is 0. The van der Waals surface area contributed by atoms with E-state index in [0.29, 0.717) is 28.6 Å². The number of rotatable bonds is 12. The Morgan fingerprint density at radius 1 is 0.255 bits per heavy atom. The Hall–Kier alpha value is -13.7. The van der Waals surface area contributed by atoms with E-state index in [0.717, 1.165) is 140 Å². The predicted octanol–water partition coefficient (Wildman–Crippen LogP) is 21.9. The van der Waals surface area contributed by atoms with E-state index in [9.17, 15) is 5.26 Å². The van der Waals surface area contributed by atoms with Crippen LogP contribution < -0.4 is 26.2 Å². The summed E-state index contributed by atoms with van der Waals surface area (Å²) in [5, 5.41) is 12.8. The van der Waals surface area contributed by atoms with Gasteiger partial charge in [-0.25, -0.2) is 15.0 Å². The second-order valence-electron chi connectivity index (χ2n) is 26.2. The van der Waals surface area contributed by atoms with Crippen LogP contribution in [0.1, 0.15) is 5.56 Å². The number of fused-ring (bicyclic) bond motifs is 7. The molecule has 8 heteroatoms. The number of aromatic nitrogens is 4. The summed E-state index contributed by atoms with van der Waals surface area (Å²) in [4.78, 5) is 20.7. The van der Waals surface area contributed by atoms with Gasteiger partial charge in [0, 0.05) is 61.6 Å². The summed E-state index contributed by atoms with van der Waals surface area (Å²) in [5.74, 6) is 1.53. The molecule has 2 aromatic heterocycles. The Balaban J connectivity index is 0.875. The second kappa shape index (κ2) is 25.0. The van der Waals surface area contributed by atoms with Crippen LogP contribution in [0.5, 0.6) is 0 Å². The third-order valence-corrected chi connectivity index (χ3v) is 20.3. The van der Waals surface area contributed by atoms with Crippen LogP contribution in [0.3, 0.4) is 0 Å². The molecule has 2 aliphatic heterocycles. The largest absolute Gasteiger partial charge is 0.311 e. The number of hydrogen-bond donors (Lipinski definition) is 0. The van der Waals surface area contributed by atoms with E-state index in [1.54, 1.807) is 0 Å². The second-order valence-corrected chi connectivity index (χ2v) is 26.2. The van der Waals surface area contributed by atoms with Gasteiger partial charge < -0.3 is 14.4 Å². The topological polar surface area (TPSA) is 73.9 Å². The third kappa shape index (κ3) is 10.4. The molecule has 474 valence electrons. The van der Waals surface area contributed by atoms with E-state index in [2.05, 4.69) is 306 Å². The molecule has 0 spiro atoms. The molecule has 0 radical (unpaired) electrons. The van der Waals surface area contributed by atoms with Crippen LogP contribution in [-0.4, -0.2) is 26.2 Å². The fourth-order valence-corrected chi connectivity index (χ4v) is 15.4. The van der Waals surface area contributed by atoms with E-state index < -0.39 is 0 Å². The van der Waals surface area contributed by atoms with Gasteiger partial charge in [0.25, 0.3) is 6.71 Å². The van der Waals surface area contributed by atoms with Crippen LogP contribution in [0.15, 0.2) is 364 Å². The molecule has 0 amide bonds. The molecule has 15 aromatic carbocycles. The molecule has 7 nitrogen and oxygen atoms in total. The monoisotopic (exact) mass is 1300 g/mol. The van der Waals surface area contributed by atoms with E-state index in [4.69, 9.17) is 15.0 Å². The summed E-state index contributed by atoms with van der Waals surface area (Å²) >= 11 is 0. The maximum Gasteiger partial charge on any atom is 0.252 e. The molecule has 102 heavy (non-hydrogen) atoms. The average Bonchev–Trinajstić information content (AvgIpc) is 0.786. The summed E-state index contributed by atoms with van der Waals surface area (Å²) in [6, 6.07) is 133. The zero-order chi connectivity index (χ0) is 67.6. The quantitative estimate of drug-likeness (QED) is 0.114. The van der Waals surface area contributed by atoms with Crippen molar-refractivity contribution < 1.29 is 0 Å². The lowest BCUT2D eigenvalue weighted by Crippen LogP contribution is -2.61. The molecule has 19 rings (SSSR count). The number of nitrogens with zero attached hydrogens (tertiary/aromatic N) is 7. The van der Waals surface area contributed by atoms with Crippen molar-refractivity contribution in [3.05, 3.63) is 370 Å². The summed E-state index contributed by atoms with van der Waals surface area (Å²) in [7, 11) is 0. The highest BCUT2D eigenvalue weighted by atomic mass is 15.2. The molecule has 0 bridgehead atoms. The Labute approximate surface area is 592 Å². The van der Waals surface area contributed by atoms with Gasteiger partial charge in [0.2, 0.25) is 0 Å². The summed E-state index contributed by atoms with van der Waals surface area (Å²) in [6.45, 7) is -0.184. The van der Waals surface area contributed by atoms with Crippen molar-refractivity contribution in [2.75, 3.05) is 9.80 Å². The van der Waals surface area contributed by atoms with Gasteiger partial charge in [0.15, 0.2) is 17.5 Å². The first kappa shape index (κ1) is 59.5. The highest BCUT2D eigenvalue weighted by Crippen LogP contribution is 2.49. The lowest BCUT2D eigenvalue weighted by atomic mass is 9.33. The Kier molecular flexibility index (Phi) is 14.6. The summed E-state index contributed by atoms with van der Waals surface area (Å²) < 4.78 is 2.33. The van der Waals surface area contributed by atoms with Crippen LogP contribution in [0, 0.1) is 11.3 Å². The Morgan fingerprint density at radius 3 is 0.980 bits per heavy atom. The van der Waals surface area contributed by atoms with Gasteiger partial charge in [-0.05, 0) is 174 Å². The lowest BCUT2D eigenvalue weighted by Gasteiger charge is -2.44. The van der Waals surface area contributed by atoms with Crippen molar-refractivity contribution >= 4 is 79.0 Å². The Morgan fingerprint density at radius 2 is 0.578 bits per heavy atom. The zero-order valence-corrected chi connectivity index (χ0v) is 55.3. The molecule has 0 fully saturated rings. The molecule has 17 aromatic rings. The van der Waals surface area contributed by atoms with Crippen LogP contribution in [0.4, 0.5) is 34.1 Å². The minimum atomic E-state index is -0.184. The van der Waals surface area contributed by atoms with Gasteiger partial charge in [-0.2, -0.15) is 5.26 Å².